The van der Waals surface area contributed by atoms with E-state index in [2.05, 4.69) is 17.1 Å². The van der Waals surface area contributed by atoms with Crippen LogP contribution in [0.1, 0.15) is 56.3 Å². The lowest BCUT2D eigenvalue weighted by Crippen LogP contribution is -2.39. The third kappa shape index (κ3) is 4.95. The fourth-order valence-electron chi connectivity index (χ4n) is 3.82. The minimum Gasteiger partial charge on any atom is -0.371 e. The van der Waals surface area contributed by atoms with Crippen molar-refractivity contribution in [1.82, 2.24) is 4.90 Å². The van der Waals surface area contributed by atoms with E-state index >= 15 is 0 Å². The van der Waals surface area contributed by atoms with Crippen molar-refractivity contribution >= 4 is 34.8 Å². The van der Waals surface area contributed by atoms with E-state index in [0.717, 1.165) is 57.5 Å². The smallest absolute Gasteiger partial charge is 0.256 e. The average molecular weight is 392 g/mol. The summed E-state index contributed by atoms with van der Waals surface area (Å²) >= 11 is 5.87. The Kier molecular flexibility index (Phi) is 6.64. The zero-order valence-corrected chi connectivity index (χ0v) is 17.1. The number of benzene rings is 1. The van der Waals surface area contributed by atoms with E-state index in [9.17, 15) is 9.59 Å². The van der Waals surface area contributed by atoms with Crippen LogP contribution in [0.5, 0.6) is 0 Å². The maximum absolute atomic E-state index is 13.3. The highest BCUT2D eigenvalue weighted by atomic mass is 35.5. The Hall–Kier alpha value is -1.75. The molecule has 0 aromatic heterocycles. The molecule has 1 atom stereocenters. The van der Waals surface area contributed by atoms with E-state index in [1.807, 2.05) is 23.1 Å². The van der Waals surface area contributed by atoms with Gasteiger partial charge in [0.05, 0.1) is 5.56 Å². The average Bonchev–Trinajstić information content (AvgIpc) is 2.68. The molecule has 0 aliphatic carbocycles. The lowest BCUT2D eigenvalue weighted by atomic mass is 9.98. The SMILES string of the molecule is CC1CCN(C(=O)c2cc(NC(=O)C(C)Cl)ccc2N2CCCCC2)CC1. The summed E-state index contributed by atoms with van der Waals surface area (Å²) < 4.78 is 0. The van der Waals surface area contributed by atoms with Crippen LogP contribution >= 0.6 is 11.6 Å². The van der Waals surface area contributed by atoms with Gasteiger partial charge in [-0.15, -0.1) is 11.6 Å². The molecule has 2 aliphatic rings. The summed E-state index contributed by atoms with van der Waals surface area (Å²) in [5.41, 5.74) is 2.30. The molecule has 0 bridgehead atoms. The fourth-order valence-corrected chi connectivity index (χ4v) is 3.87. The number of piperidine rings is 2. The number of amides is 2. The van der Waals surface area contributed by atoms with Gasteiger partial charge in [0, 0.05) is 37.6 Å². The summed E-state index contributed by atoms with van der Waals surface area (Å²) in [6.45, 7) is 7.43. The molecule has 2 aliphatic heterocycles. The van der Waals surface area contributed by atoms with Crippen molar-refractivity contribution in [3.63, 3.8) is 0 Å². The first-order chi connectivity index (χ1) is 13.0. The lowest BCUT2D eigenvalue weighted by molar-refractivity contribution is -0.115. The predicted molar refractivity (Wildman–Crippen MR) is 111 cm³/mol. The van der Waals surface area contributed by atoms with Gasteiger partial charge in [0.1, 0.15) is 5.38 Å². The number of hydrogen-bond donors (Lipinski definition) is 1. The van der Waals surface area contributed by atoms with Crippen LogP contribution in [0.3, 0.4) is 0 Å². The van der Waals surface area contributed by atoms with Crippen LogP contribution < -0.4 is 10.2 Å². The minimum absolute atomic E-state index is 0.0671. The Balaban J connectivity index is 1.88. The van der Waals surface area contributed by atoms with E-state index in [4.69, 9.17) is 11.6 Å². The van der Waals surface area contributed by atoms with Gasteiger partial charge in [-0.05, 0) is 63.1 Å². The third-order valence-corrected chi connectivity index (χ3v) is 5.82. The maximum Gasteiger partial charge on any atom is 0.256 e. The molecule has 2 fully saturated rings. The van der Waals surface area contributed by atoms with Crippen LogP contribution in [0, 0.1) is 5.92 Å². The number of halogens is 1. The Bertz CT molecular complexity index is 678. The number of rotatable bonds is 4. The van der Waals surface area contributed by atoms with Crippen LogP contribution in [0.25, 0.3) is 0 Å². The van der Waals surface area contributed by atoms with Crippen molar-refractivity contribution in [2.45, 2.75) is 51.3 Å². The zero-order valence-electron chi connectivity index (χ0n) is 16.3. The van der Waals surface area contributed by atoms with Gasteiger partial charge in [0.25, 0.3) is 5.91 Å². The number of likely N-dealkylation sites (tertiary alicyclic amines) is 1. The number of carbonyl (C=O) groups is 2. The molecule has 0 spiro atoms. The second-order valence-corrected chi connectivity index (χ2v) is 8.51. The summed E-state index contributed by atoms with van der Waals surface area (Å²) in [6, 6.07) is 5.66. The molecule has 1 aromatic carbocycles. The number of nitrogens with one attached hydrogen (secondary N) is 1. The van der Waals surface area contributed by atoms with Gasteiger partial charge in [-0.25, -0.2) is 0 Å². The van der Waals surface area contributed by atoms with Gasteiger partial charge >= 0.3 is 0 Å². The molecule has 1 N–H and O–H groups in total. The van der Waals surface area contributed by atoms with E-state index in [1.165, 1.54) is 6.42 Å². The first-order valence-corrected chi connectivity index (χ1v) is 10.5. The van der Waals surface area contributed by atoms with Gasteiger partial charge in [-0.1, -0.05) is 6.92 Å². The second kappa shape index (κ2) is 8.96. The predicted octanol–water partition coefficient (Wildman–Crippen LogP) is 4.11. The largest absolute Gasteiger partial charge is 0.371 e. The molecule has 2 heterocycles. The van der Waals surface area contributed by atoms with Crippen LogP contribution in [0.2, 0.25) is 0 Å². The van der Waals surface area contributed by atoms with Crippen LogP contribution in [0.15, 0.2) is 18.2 Å². The number of nitrogens with zero attached hydrogens (tertiary/aromatic N) is 2. The quantitative estimate of drug-likeness (QED) is 0.785. The number of alkyl halides is 1. The van der Waals surface area contributed by atoms with Crippen molar-refractivity contribution in [2.24, 2.45) is 5.92 Å². The number of carbonyl (C=O) groups excluding carboxylic acids is 2. The third-order valence-electron chi connectivity index (χ3n) is 5.62. The standard InChI is InChI=1S/C21H30ClN3O2/c1-15-8-12-25(13-9-15)21(27)18-14-17(23-20(26)16(2)22)6-7-19(18)24-10-4-3-5-11-24/h6-7,14-16H,3-5,8-13H2,1-2H3,(H,23,26). The Morgan fingerprint density at radius 1 is 1.11 bits per heavy atom. The number of hydrogen-bond acceptors (Lipinski definition) is 3. The molecule has 2 amide bonds. The van der Waals surface area contributed by atoms with Crippen molar-refractivity contribution in [1.29, 1.82) is 0 Å². The van der Waals surface area contributed by atoms with Crippen molar-refractivity contribution < 1.29 is 9.59 Å². The van der Waals surface area contributed by atoms with Gasteiger partial charge in [0.2, 0.25) is 5.91 Å². The van der Waals surface area contributed by atoms with E-state index in [-0.39, 0.29) is 11.8 Å². The van der Waals surface area contributed by atoms with Crippen molar-refractivity contribution in [3.05, 3.63) is 23.8 Å². The van der Waals surface area contributed by atoms with Crippen LogP contribution in [0.4, 0.5) is 11.4 Å². The molecule has 1 unspecified atom stereocenters. The maximum atomic E-state index is 13.3. The Morgan fingerprint density at radius 3 is 2.41 bits per heavy atom. The topological polar surface area (TPSA) is 52.7 Å². The van der Waals surface area contributed by atoms with Gasteiger partial charge < -0.3 is 15.1 Å². The van der Waals surface area contributed by atoms with E-state index in [0.29, 0.717) is 17.2 Å². The summed E-state index contributed by atoms with van der Waals surface area (Å²) in [5, 5.41) is 2.20. The zero-order chi connectivity index (χ0) is 19.4. The van der Waals surface area contributed by atoms with Crippen molar-refractivity contribution in [2.75, 3.05) is 36.4 Å². The molecule has 148 valence electrons. The van der Waals surface area contributed by atoms with E-state index < -0.39 is 5.38 Å². The first-order valence-electron chi connectivity index (χ1n) is 10.1. The molecule has 5 nitrogen and oxygen atoms in total. The monoisotopic (exact) mass is 391 g/mol. The molecule has 27 heavy (non-hydrogen) atoms. The van der Waals surface area contributed by atoms with Gasteiger partial charge in [0.15, 0.2) is 0 Å². The Labute approximate surface area is 167 Å². The van der Waals surface area contributed by atoms with Crippen LogP contribution in [-0.2, 0) is 4.79 Å². The normalized spacial score (nSPS) is 19.7. The lowest BCUT2D eigenvalue weighted by Gasteiger charge is -2.34. The fraction of sp³-hybridized carbons (Fsp3) is 0.619. The summed E-state index contributed by atoms with van der Waals surface area (Å²) in [7, 11) is 0. The van der Waals surface area contributed by atoms with Crippen LogP contribution in [-0.4, -0.2) is 48.3 Å². The first kappa shape index (κ1) is 20.0. The van der Waals surface area contributed by atoms with Gasteiger partial charge in [-0.3, -0.25) is 9.59 Å². The second-order valence-electron chi connectivity index (χ2n) is 7.86. The summed E-state index contributed by atoms with van der Waals surface area (Å²) in [6.07, 6.45) is 5.63. The molecular weight excluding hydrogens is 362 g/mol. The highest BCUT2D eigenvalue weighted by Crippen LogP contribution is 2.29. The molecular formula is C21H30ClN3O2. The van der Waals surface area contributed by atoms with Gasteiger partial charge in [-0.2, -0.15) is 0 Å². The highest BCUT2D eigenvalue weighted by Gasteiger charge is 2.26. The molecule has 2 saturated heterocycles. The summed E-state index contributed by atoms with van der Waals surface area (Å²) in [4.78, 5) is 29.5. The minimum atomic E-state index is -0.616. The number of anilines is 2. The molecule has 0 saturated carbocycles. The highest BCUT2D eigenvalue weighted by molar-refractivity contribution is 6.32. The summed E-state index contributed by atoms with van der Waals surface area (Å²) in [5.74, 6) is 0.483. The molecule has 1 aromatic rings. The molecule has 0 radical (unpaired) electrons. The van der Waals surface area contributed by atoms with Crippen molar-refractivity contribution in [3.8, 4) is 0 Å². The molecule has 6 heteroatoms. The Morgan fingerprint density at radius 2 is 1.78 bits per heavy atom. The molecule has 3 rings (SSSR count). The van der Waals surface area contributed by atoms with E-state index in [1.54, 1.807) is 6.92 Å².